The Morgan fingerprint density at radius 3 is 2.36 bits per heavy atom. The van der Waals surface area contributed by atoms with Crippen LogP contribution in [0.4, 0.5) is 9.18 Å². The van der Waals surface area contributed by atoms with Crippen molar-refractivity contribution in [2.24, 2.45) is 10.8 Å². The van der Waals surface area contributed by atoms with Crippen molar-refractivity contribution in [1.82, 2.24) is 21.3 Å². The Morgan fingerprint density at radius 2 is 1.70 bits per heavy atom. The van der Waals surface area contributed by atoms with Crippen LogP contribution >= 0.6 is 23.2 Å². The fraction of sp³-hybridized carbons (Fsp3) is 0.535. The van der Waals surface area contributed by atoms with Crippen LogP contribution in [0.3, 0.4) is 0 Å². The highest BCUT2D eigenvalue weighted by atomic mass is 35.5. The number of rotatable bonds is 8. The Labute approximate surface area is 337 Å². The first-order valence-electron chi connectivity index (χ1n) is 19.5. The molecule has 4 N–H and O–H groups in total. The van der Waals surface area contributed by atoms with E-state index in [1.807, 2.05) is 36.4 Å². The van der Waals surface area contributed by atoms with Crippen molar-refractivity contribution in [2.45, 2.75) is 134 Å². The van der Waals surface area contributed by atoms with Gasteiger partial charge in [-0.1, -0.05) is 86.4 Å². The topological polar surface area (TPSA) is 135 Å². The normalized spacial score (nSPS) is 29.7. The summed E-state index contributed by atoms with van der Waals surface area (Å²) in [6.45, 7) is 11.5. The number of carbonyl (C=O) groups excluding carboxylic acids is 4. The van der Waals surface area contributed by atoms with E-state index in [2.05, 4.69) is 42.0 Å². The number of amides is 3. The summed E-state index contributed by atoms with van der Waals surface area (Å²) >= 11 is 13.0. The van der Waals surface area contributed by atoms with E-state index in [1.165, 1.54) is 6.07 Å². The summed E-state index contributed by atoms with van der Waals surface area (Å²) in [6, 6.07) is 10.1. The Bertz CT molecular complexity index is 1990. The number of hydrogen-bond donors (Lipinski definition) is 4. The third-order valence-electron chi connectivity index (χ3n) is 12.0. The predicted octanol–water partition coefficient (Wildman–Crippen LogP) is 7.22. The van der Waals surface area contributed by atoms with E-state index < -0.39 is 64.5 Å². The minimum Gasteiger partial charge on any atom is -0.461 e. The van der Waals surface area contributed by atoms with Gasteiger partial charge in [-0.15, -0.1) is 0 Å². The number of halogens is 3. The zero-order valence-electron chi connectivity index (χ0n) is 32.7. The lowest BCUT2D eigenvalue weighted by atomic mass is 9.55. The zero-order chi connectivity index (χ0) is 40.4. The largest absolute Gasteiger partial charge is 0.461 e. The van der Waals surface area contributed by atoms with Crippen molar-refractivity contribution in [3.8, 4) is 0 Å². The summed E-state index contributed by atoms with van der Waals surface area (Å²) in [5.41, 5.74) is -0.769. The lowest BCUT2D eigenvalue weighted by Crippen LogP contribution is -2.54. The average Bonchev–Trinajstić information content (AvgIpc) is 3.67. The van der Waals surface area contributed by atoms with Crippen LogP contribution in [0.1, 0.15) is 103 Å². The maximum atomic E-state index is 16.5. The molecular weight excluding hydrogens is 758 g/mol. The smallest absolute Gasteiger partial charge is 0.408 e. The molecule has 0 radical (unpaired) electrons. The molecule has 3 amide bonds. The second kappa shape index (κ2) is 14.8. The molecule has 2 saturated heterocycles. The molecule has 0 aromatic heterocycles. The van der Waals surface area contributed by atoms with Crippen molar-refractivity contribution in [3.05, 3.63) is 92.9 Å². The first kappa shape index (κ1) is 40.3. The van der Waals surface area contributed by atoms with Gasteiger partial charge in [0, 0.05) is 35.2 Å². The molecule has 2 aromatic carbocycles. The van der Waals surface area contributed by atoms with E-state index in [0.717, 1.165) is 5.56 Å². The van der Waals surface area contributed by atoms with Gasteiger partial charge in [-0.05, 0) is 93.5 Å². The van der Waals surface area contributed by atoms with Gasteiger partial charge in [-0.25, -0.2) is 14.0 Å². The molecule has 6 atom stereocenters. The quantitative estimate of drug-likeness (QED) is 0.207. The molecule has 5 aliphatic rings. The second-order valence-electron chi connectivity index (χ2n) is 18.1. The van der Waals surface area contributed by atoms with Crippen molar-refractivity contribution in [3.63, 3.8) is 0 Å². The molecule has 2 aromatic rings. The number of nitrogens with one attached hydrogen (secondary N) is 4. The van der Waals surface area contributed by atoms with Gasteiger partial charge in [0.05, 0.1) is 21.9 Å². The van der Waals surface area contributed by atoms with Crippen LogP contribution in [0, 0.1) is 16.6 Å². The molecular formula is C43H51Cl2FN4O6. The second-order valence-corrected chi connectivity index (χ2v) is 19.0. The summed E-state index contributed by atoms with van der Waals surface area (Å²) in [6.07, 6.45) is 5.64. The predicted molar refractivity (Wildman–Crippen MR) is 211 cm³/mol. The molecule has 56 heavy (non-hydrogen) atoms. The van der Waals surface area contributed by atoms with E-state index in [-0.39, 0.29) is 34.7 Å². The zero-order valence-corrected chi connectivity index (χ0v) is 34.2. The molecule has 3 fully saturated rings. The number of alkyl carbamates (subject to hydrolysis) is 1. The van der Waals surface area contributed by atoms with Crippen LogP contribution < -0.4 is 21.3 Å². The third kappa shape index (κ3) is 7.13. The number of allylic oxidation sites excluding steroid dienone is 4. The maximum Gasteiger partial charge on any atom is 0.408 e. The molecule has 7 rings (SSSR count). The van der Waals surface area contributed by atoms with Gasteiger partial charge < -0.3 is 30.7 Å². The van der Waals surface area contributed by atoms with Crippen molar-refractivity contribution >= 4 is 47.1 Å². The minimum absolute atomic E-state index is 0.0656. The van der Waals surface area contributed by atoms with Gasteiger partial charge >= 0.3 is 12.1 Å². The molecule has 10 nitrogen and oxygen atoms in total. The summed E-state index contributed by atoms with van der Waals surface area (Å²) in [5.74, 6) is -2.61. The standard InChI is InChI=1S/C43H51Cl2FN4O6/c1-40(2,3)22-31-43-33(32-27(16-17-28(45)34(32)46)42(43)19-18-24(44)21-30(42)50-38(43)53)35(49-31)36(51)47-25-12-14-26(15-13-25)55-37(52)29(20-23-10-8-7-9-11-23)48-39(54)56-41(4,5)6/h7-11,16-18,21,25-26,29,31,33,35,49H,12-15,19-20,22H2,1-6H3,(H,47,51)(H,48,54)(H,50,53)/t25?,26?,29-,31+,33-,35+,42?,43+/m0/s1. The highest BCUT2D eigenvalue weighted by Gasteiger charge is 2.79. The van der Waals surface area contributed by atoms with E-state index in [1.54, 1.807) is 32.9 Å². The summed E-state index contributed by atoms with van der Waals surface area (Å²) in [5, 5.41) is 13.0. The van der Waals surface area contributed by atoms with Gasteiger partial charge in [-0.2, -0.15) is 0 Å². The van der Waals surface area contributed by atoms with Gasteiger partial charge in [-0.3, -0.25) is 9.59 Å². The van der Waals surface area contributed by atoms with Gasteiger partial charge in [0.1, 0.15) is 23.6 Å². The molecule has 2 aliphatic heterocycles. The fourth-order valence-corrected chi connectivity index (χ4v) is 10.3. The SMILES string of the molecule is CC(C)(C)C[C@H]1N[C@@H](C(=O)NC2CCC(OC(=O)[C@H](Cc3ccccc3)NC(=O)OC(C)(C)C)CC2)[C@@H]2c3c(ccc(Cl)c3F)C34CC=C(Cl)C=C3NC(=O)[C@@]124. The Morgan fingerprint density at radius 1 is 1.00 bits per heavy atom. The molecule has 2 spiro atoms. The lowest BCUT2D eigenvalue weighted by molar-refractivity contribution is -0.153. The van der Waals surface area contributed by atoms with Crippen LogP contribution in [-0.2, 0) is 35.7 Å². The van der Waals surface area contributed by atoms with Crippen LogP contribution in [0.25, 0.3) is 0 Å². The Balaban J connectivity index is 1.09. The highest BCUT2D eigenvalue weighted by molar-refractivity contribution is 6.31. The van der Waals surface area contributed by atoms with Crippen molar-refractivity contribution in [2.75, 3.05) is 0 Å². The van der Waals surface area contributed by atoms with E-state index in [9.17, 15) is 19.2 Å². The maximum absolute atomic E-state index is 16.5. The first-order chi connectivity index (χ1) is 26.3. The number of fused-ring (bicyclic) bond motifs is 2. The number of carbonyl (C=O) groups is 4. The average molecular weight is 810 g/mol. The first-order valence-corrected chi connectivity index (χ1v) is 20.3. The van der Waals surface area contributed by atoms with Crippen molar-refractivity contribution < 1.29 is 33.0 Å². The van der Waals surface area contributed by atoms with E-state index >= 15 is 4.39 Å². The van der Waals surface area contributed by atoms with E-state index in [0.29, 0.717) is 60.4 Å². The summed E-state index contributed by atoms with van der Waals surface area (Å²) in [7, 11) is 0. The van der Waals surface area contributed by atoms with Crippen LogP contribution in [0.5, 0.6) is 0 Å². The Kier molecular flexibility index (Phi) is 10.6. The summed E-state index contributed by atoms with van der Waals surface area (Å²) < 4.78 is 27.9. The molecule has 13 heteroatoms. The number of esters is 1. The molecule has 2 heterocycles. The van der Waals surface area contributed by atoms with Crippen LogP contribution in [0.15, 0.2) is 65.3 Å². The molecule has 0 bridgehead atoms. The van der Waals surface area contributed by atoms with Crippen LogP contribution in [0.2, 0.25) is 5.02 Å². The number of benzene rings is 2. The minimum atomic E-state index is -1.23. The lowest BCUT2D eigenvalue weighted by Gasteiger charge is -2.44. The fourth-order valence-electron chi connectivity index (χ4n) is 9.95. The Hall–Kier alpha value is -3.93. The van der Waals surface area contributed by atoms with Crippen LogP contribution in [-0.4, -0.2) is 59.7 Å². The number of ether oxygens (including phenoxy) is 2. The van der Waals surface area contributed by atoms with Crippen molar-refractivity contribution in [1.29, 1.82) is 0 Å². The van der Waals surface area contributed by atoms with Gasteiger partial charge in [0.25, 0.3) is 0 Å². The molecule has 300 valence electrons. The monoisotopic (exact) mass is 808 g/mol. The van der Waals surface area contributed by atoms with Gasteiger partial charge in [0.2, 0.25) is 11.8 Å². The molecule has 1 unspecified atom stereocenters. The number of hydrogen-bond acceptors (Lipinski definition) is 7. The summed E-state index contributed by atoms with van der Waals surface area (Å²) in [4.78, 5) is 55.4. The van der Waals surface area contributed by atoms with E-state index in [4.69, 9.17) is 32.7 Å². The molecule has 3 aliphatic carbocycles. The highest BCUT2D eigenvalue weighted by Crippen LogP contribution is 2.72. The molecule has 1 saturated carbocycles. The van der Waals surface area contributed by atoms with Gasteiger partial charge in [0.15, 0.2) is 0 Å². The third-order valence-corrected chi connectivity index (χ3v) is 12.5.